The SMILES string of the molecule is CCCN(c1cc(C)nc(NCC)n1)C1CC1. The van der Waals surface area contributed by atoms with Crippen molar-refractivity contribution < 1.29 is 0 Å². The Morgan fingerprint density at radius 2 is 2.12 bits per heavy atom. The number of nitrogens with one attached hydrogen (secondary N) is 1. The van der Waals surface area contributed by atoms with Gasteiger partial charge in [0.25, 0.3) is 0 Å². The molecule has 0 amide bonds. The molecule has 1 aromatic heterocycles. The van der Waals surface area contributed by atoms with Gasteiger partial charge in [0.05, 0.1) is 0 Å². The summed E-state index contributed by atoms with van der Waals surface area (Å²) in [7, 11) is 0. The van der Waals surface area contributed by atoms with Gasteiger partial charge in [-0.05, 0) is 33.1 Å². The Kier molecular flexibility index (Phi) is 3.82. The first-order valence-electron chi connectivity index (χ1n) is 6.60. The van der Waals surface area contributed by atoms with Crippen LogP contribution in [0.4, 0.5) is 11.8 Å². The van der Waals surface area contributed by atoms with Crippen LogP contribution in [0.1, 0.15) is 38.8 Å². The van der Waals surface area contributed by atoms with Crippen molar-refractivity contribution in [3.05, 3.63) is 11.8 Å². The average Bonchev–Trinajstić information content (AvgIpc) is 3.09. The molecule has 0 unspecified atom stereocenters. The molecule has 0 aliphatic heterocycles. The lowest BCUT2D eigenvalue weighted by atomic mass is 10.3. The summed E-state index contributed by atoms with van der Waals surface area (Å²) in [6.07, 6.45) is 3.77. The van der Waals surface area contributed by atoms with Crippen molar-refractivity contribution in [1.82, 2.24) is 9.97 Å². The average molecular weight is 234 g/mol. The molecule has 1 saturated carbocycles. The second-order valence-corrected chi connectivity index (χ2v) is 4.65. The fourth-order valence-electron chi connectivity index (χ4n) is 2.05. The maximum Gasteiger partial charge on any atom is 0.224 e. The molecule has 0 atom stereocenters. The summed E-state index contributed by atoms with van der Waals surface area (Å²) in [5.74, 6) is 1.84. The van der Waals surface area contributed by atoms with E-state index in [1.54, 1.807) is 0 Å². The largest absolute Gasteiger partial charge is 0.354 e. The first-order chi connectivity index (χ1) is 8.24. The Morgan fingerprint density at radius 1 is 1.35 bits per heavy atom. The Morgan fingerprint density at radius 3 is 2.71 bits per heavy atom. The van der Waals surface area contributed by atoms with E-state index in [1.807, 2.05) is 6.92 Å². The van der Waals surface area contributed by atoms with Gasteiger partial charge in [0.1, 0.15) is 5.82 Å². The minimum atomic E-state index is 0.707. The molecule has 0 bridgehead atoms. The van der Waals surface area contributed by atoms with Gasteiger partial charge in [0.2, 0.25) is 5.95 Å². The summed E-state index contributed by atoms with van der Waals surface area (Å²) >= 11 is 0. The molecule has 4 nitrogen and oxygen atoms in total. The molecule has 1 aliphatic rings. The van der Waals surface area contributed by atoms with E-state index in [2.05, 4.69) is 40.1 Å². The van der Waals surface area contributed by atoms with Crippen LogP contribution in [0.5, 0.6) is 0 Å². The monoisotopic (exact) mass is 234 g/mol. The van der Waals surface area contributed by atoms with E-state index < -0.39 is 0 Å². The van der Waals surface area contributed by atoms with Gasteiger partial charge in [0, 0.05) is 30.9 Å². The Bertz CT molecular complexity index is 374. The molecule has 1 aliphatic carbocycles. The lowest BCUT2D eigenvalue weighted by Gasteiger charge is -2.23. The van der Waals surface area contributed by atoms with Crippen molar-refractivity contribution >= 4 is 11.8 Å². The van der Waals surface area contributed by atoms with Crippen LogP contribution < -0.4 is 10.2 Å². The molecular weight excluding hydrogens is 212 g/mol. The Balaban J connectivity index is 2.22. The molecular formula is C13H22N4. The lowest BCUT2D eigenvalue weighted by molar-refractivity contribution is 0.747. The highest BCUT2D eigenvalue weighted by atomic mass is 15.3. The van der Waals surface area contributed by atoms with Crippen LogP contribution in [0, 0.1) is 6.92 Å². The summed E-state index contributed by atoms with van der Waals surface area (Å²) in [5, 5.41) is 3.20. The first-order valence-corrected chi connectivity index (χ1v) is 6.60. The maximum absolute atomic E-state index is 4.61. The molecule has 1 aromatic rings. The smallest absolute Gasteiger partial charge is 0.224 e. The van der Waals surface area contributed by atoms with E-state index in [9.17, 15) is 0 Å². The minimum Gasteiger partial charge on any atom is -0.354 e. The molecule has 0 saturated heterocycles. The zero-order chi connectivity index (χ0) is 12.3. The Hall–Kier alpha value is -1.32. The second kappa shape index (κ2) is 5.34. The van der Waals surface area contributed by atoms with Gasteiger partial charge < -0.3 is 10.2 Å². The van der Waals surface area contributed by atoms with Gasteiger partial charge in [-0.1, -0.05) is 6.92 Å². The summed E-state index contributed by atoms with van der Waals surface area (Å²) in [6, 6.07) is 2.80. The molecule has 0 aromatic carbocycles. The van der Waals surface area contributed by atoms with Crippen LogP contribution in [0.2, 0.25) is 0 Å². The maximum atomic E-state index is 4.61. The van der Waals surface area contributed by atoms with Crippen molar-refractivity contribution in [2.75, 3.05) is 23.3 Å². The quantitative estimate of drug-likeness (QED) is 0.821. The number of hydrogen-bond donors (Lipinski definition) is 1. The van der Waals surface area contributed by atoms with Crippen LogP contribution in [0.25, 0.3) is 0 Å². The number of anilines is 2. The fourth-order valence-corrected chi connectivity index (χ4v) is 2.05. The highest BCUT2D eigenvalue weighted by molar-refractivity contribution is 5.46. The number of aromatic nitrogens is 2. The van der Waals surface area contributed by atoms with E-state index in [0.717, 1.165) is 37.0 Å². The highest BCUT2D eigenvalue weighted by Gasteiger charge is 2.29. The molecule has 4 heteroatoms. The number of aryl methyl sites for hydroxylation is 1. The summed E-state index contributed by atoms with van der Waals surface area (Å²) in [6.45, 7) is 8.26. The van der Waals surface area contributed by atoms with Gasteiger partial charge in [-0.15, -0.1) is 0 Å². The predicted molar refractivity (Wildman–Crippen MR) is 71.6 cm³/mol. The number of rotatable bonds is 6. The zero-order valence-corrected chi connectivity index (χ0v) is 11.0. The lowest BCUT2D eigenvalue weighted by Crippen LogP contribution is -2.27. The van der Waals surface area contributed by atoms with Crippen molar-refractivity contribution in [2.24, 2.45) is 0 Å². The van der Waals surface area contributed by atoms with Crippen molar-refractivity contribution in [2.45, 2.75) is 46.1 Å². The third-order valence-electron chi connectivity index (χ3n) is 2.92. The van der Waals surface area contributed by atoms with E-state index in [0.29, 0.717) is 6.04 Å². The van der Waals surface area contributed by atoms with Crippen molar-refractivity contribution in [3.8, 4) is 0 Å². The first kappa shape index (κ1) is 12.1. The van der Waals surface area contributed by atoms with Gasteiger partial charge in [-0.3, -0.25) is 0 Å². The van der Waals surface area contributed by atoms with Crippen LogP contribution in [0.15, 0.2) is 6.07 Å². The summed E-state index contributed by atoms with van der Waals surface area (Å²) in [5.41, 5.74) is 1.03. The molecule has 1 fully saturated rings. The van der Waals surface area contributed by atoms with Crippen LogP contribution in [-0.2, 0) is 0 Å². The van der Waals surface area contributed by atoms with Crippen LogP contribution >= 0.6 is 0 Å². The molecule has 94 valence electrons. The third kappa shape index (κ3) is 3.08. The van der Waals surface area contributed by atoms with E-state index in [4.69, 9.17) is 0 Å². The Labute approximate surface area is 103 Å². The molecule has 0 spiro atoms. The fraction of sp³-hybridized carbons (Fsp3) is 0.692. The highest BCUT2D eigenvalue weighted by Crippen LogP contribution is 2.31. The molecule has 1 heterocycles. The van der Waals surface area contributed by atoms with Gasteiger partial charge in [-0.25, -0.2) is 4.98 Å². The van der Waals surface area contributed by atoms with E-state index >= 15 is 0 Å². The van der Waals surface area contributed by atoms with Crippen LogP contribution in [0.3, 0.4) is 0 Å². The van der Waals surface area contributed by atoms with Crippen molar-refractivity contribution in [3.63, 3.8) is 0 Å². The molecule has 2 rings (SSSR count). The topological polar surface area (TPSA) is 41.1 Å². The minimum absolute atomic E-state index is 0.707. The van der Waals surface area contributed by atoms with Gasteiger partial charge >= 0.3 is 0 Å². The van der Waals surface area contributed by atoms with E-state index in [1.165, 1.54) is 12.8 Å². The zero-order valence-electron chi connectivity index (χ0n) is 11.0. The van der Waals surface area contributed by atoms with E-state index in [-0.39, 0.29) is 0 Å². The standard InChI is InChI=1S/C13H22N4/c1-4-8-17(11-6-7-11)12-9-10(3)15-13(16-12)14-5-2/h9,11H,4-8H2,1-3H3,(H,14,15,16). The third-order valence-corrected chi connectivity index (χ3v) is 2.92. The van der Waals surface area contributed by atoms with Crippen molar-refractivity contribution in [1.29, 1.82) is 0 Å². The summed E-state index contributed by atoms with van der Waals surface area (Å²) < 4.78 is 0. The molecule has 1 N–H and O–H groups in total. The van der Waals surface area contributed by atoms with Crippen LogP contribution in [-0.4, -0.2) is 29.1 Å². The van der Waals surface area contributed by atoms with Gasteiger partial charge in [0.15, 0.2) is 0 Å². The van der Waals surface area contributed by atoms with Gasteiger partial charge in [-0.2, -0.15) is 4.98 Å². The molecule has 0 radical (unpaired) electrons. The summed E-state index contributed by atoms with van der Waals surface area (Å²) in [4.78, 5) is 11.4. The predicted octanol–water partition coefficient (Wildman–Crippen LogP) is 2.60. The normalized spacial score (nSPS) is 14.8. The second-order valence-electron chi connectivity index (χ2n) is 4.65. The number of nitrogens with zero attached hydrogens (tertiary/aromatic N) is 3. The molecule has 17 heavy (non-hydrogen) atoms. The number of hydrogen-bond acceptors (Lipinski definition) is 4.